The van der Waals surface area contributed by atoms with E-state index >= 15 is 0 Å². The number of hydrogen-bond acceptors (Lipinski definition) is 2. The van der Waals surface area contributed by atoms with E-state index in [9.17, 15) is 0 Å². The van der Waals surface area contributed by atoms with Gasteiger partial charge in [0.25, 0.3) is 0 Å². The largest absolute Gasteiger partial charge is 3.00 e. The zero-order valence-corrected chi connectivity index (χ0v) is 35.2. The molecule has 240 valence electrons. The number of benzene rings is 1. The van der Waals surface area contributed by atoms with Crippen molar-refractivity contribution in [2.24, 2.45) is 0 Å². The second-order valence-electron chi connectivity index (χ2n) is 13.9. The number of pyridine rings is 1. The summed E-state index contributed by atoms with van der Waals surface area (Å²) in [7, 11) is -2.97. The summed E-state index contributed by atoms with van der Waals surface area (Å²) in [6.07, 6.45) is 20.9. The van der Waals surface area contributed by atoms with Gasteiger partial charge in [-0.2, -0.15) is 0 Å². The van der Waals surface area contributed by atoms with Crippen molar-refractivity contribution in [1.82, 2.24) is 4.98 Å². The monoisotopic (exact) mass is 757 g/mol. The number of rotatable bonds is 5. The molecule has 8 heteroatoms. The number of aromatic nitrogens is 1. The molecule has 10 radical (unpaired) electrons. The van der Waals surface area contributed by atoms with Crippen LogP contribution in [-0.2, 0) is 54.5 Å². The van der Waals surface area contributed by atoms with Gasteiger partial charge < -0.3 is 19.7 Å². The molecule has 0 atom stereocenters. The van der Waals surface area contributed by atoms with Crippen LogP contribution < -0.4 is 0 Å². The van der Waals surface area contributed by atoms with Gasteiger partial charge in [0.05, 0.1) is 0 Å². The van der Waals surface area contributed by atoms with Gasteiger partial charge in [0.15, 0.2) is 0 Å². The third-order valence-electron chi connectivity index (χ3n) is 8.26. The Morgan fingerprint density at radius 3 is 1.44 bits per heavy atom. The van der Waals surface area contributed by atoms with Gasteiger partial charge in [-0.1, -0.05) is 132 Å². The van der Waals surface area contributed by atoms with Gasteiger partial charge in [0.1, 0.15) is 0 Å². The van der Waals surface area contributed by atoms with E-state index in [2.05, 4.69) is 104 Å². The first-order valence-corrected chi connectivity index (χ1v) is 21.4. The number of hydrogen-bond donors (Lipinski definition) is 0. The van der Waals surface area contributed by atoms with Crippen LogP contribution in [-0.4, -0.2) is 34.7 Å². The van der Waals surface area contributed by atoms with Crippen LogP contribution >= 0.6 is 0 Å². The third kappa shape index (κ3) is 17.5. The van der Waals surface area contributed by atoms with Crippen molar-refractivity contribution in [3.05, 3.63) is 128 Å². The molecule has 2 saturated carbocycles. The van der Waals surface area contributed by atoms with Gasteiger partial charge in [-0.25, -0.2) is 0 Å². The SMILES string of the molecule is C1CCOC1.CC(C)(C)[Si](C)(C)[N-][C]1[CH][CH][CH][CH]1.CC(C)(C)[Si](C)(C)[N-][C]1[CH][CH][CH][CH]1.[Fe+2].[Y+3].[c-]1ccccc1-c1ccccn1. The topological polar surface area (TPSA) is 50.3 Å². The Bertz CT molecular complexity index is 913. The standard InChI is InChI=1S/2C11H19NSi.C11H8N.C4H8O.Fe.Y/c2*1-11(2,3)13(4,5)12-10-8-6-7-9-10;1-2-6-10(7-3-1)11-8-4-5-9-12-11;1-2-4-5-3-1;;/h2*6-9H,1-5H3;1-6,8-9H;1-4H2;;/q3*-1;;+2;+3. The zero-order chi connectivity index (χ0) is 32.0. The van der Waals surface area contributed by atoms with Crippen LogP contribution in [0.4, 0.5) is 0 Å². The average molecular weight is 758 g/mol. The molecular formula is C37H54FeN3OSi2Y+2. The minimum absolute atomic E-state index is 0. The molecule has 0 bridgehead atoms. The van der Waals surface area contributed by atoms with E-state index in [0.717, 1.165) is 36.6 Å². The fraction of sp³-hybridized carbons (Fsp3) is 0.432. The van der Waals surface area contributed by atoms with Gasteiger partial charge in [0, 0.05) is 19.4 Å². The summed E-state index contributed by atoms with van der Waals surface area (Å²) < 4.78 is 4.94. The predicted molar refractivity (Wildman–Crippen MR) is 191 cm³/mol. The summed E-state index contributed by atoms with van der Waals surface area (Å²) in [5.74, 6) is 0. The van der Waals surface area contributed by atoms with E-state index < -0.39 is 16.5 Å². The first-order chi connectivity index (χ1) is 20.1. The van der Waals surface area contributed by atoms with E-state index in [-0.39, 0.29) is 49.8 Å². The Morgan fingerprint density at radius 2 is 1.13 bits per heavy atom. The van der Waals surface area contributed by atoms with Gasteiger partial charge >= 0.3 is 49.8 Å². The quantitative estimate of drug-likeness (QED) is 0.225. The van der Waals surface area contributed by atoms with E-state index in [1.54, 1.807) is 6.20 Å². The first-order valence-electron chi connectivity index (χ1n) is 15.5. The minimum Gasteiger partial charge on any atom is -0.659 e. The van der Waals surface area contributed by atoms with E-state index in [1.807, 2.05) is 68.1 Å². The van der Waals surface area contributed by atoms with Crippen LogP contribution in [0, 0.1) is 69.5 Å². The predicted octanol–water partition coefficient (Wildman–Crippen LogP) is 10.8. The van der Waals surface area contributed by atoms with Gasteiger partial charge in [-0.05, 0) is 50.3 Å². The van der Waals surface area contributed by atoms with Gasteiger partial charge in [-0.3, -0.25) is 0 Å². The van der Waals surface area contributed by atoms with Crippen LogP contribution in [0.1, 0.15) is 54.4 Å². The van der Waals surface area contributed by atoms with E-state index in [4.69, 9.17) is 14.7 Å². The summed E-state index contributed by atoms with van der Waals surface area (Å²) >= 11 is 0. The Labute approximate surface area is 316 Å². The molecule has 3 aliphatic rings. The molecule has 1 aromatic heterocycles. The van der Waals surface area contributed by atoms with Crippen molar-refractivity contribution in [3.63, 3.8) is 0 Å². The van der Waals surface area contributed by atoms with E-state index in [1.165, 1.54) is 12.8 Å². The van der Waals surface area contributed by atoms with Crippen molar-refractivity contribution in [3.8, 4) is 11.3 Å². The summed E-state index contributed by atoms with van der Waals surface area (Å²) in [4.78, 5) is 13.9. The molecule has 3 fully saturated rings. The average Bonchev–Trinajstić information content (AvgIpc) is 3.75. The maximum Gasteiger partial charge on any atom is 3.00 e. The van der Waals surface area contributed by atoms with Crippen molar-refractivity contribution in [1.29, 1.82) is 0 Å². The minimum atomic E-state index is -1.48. The molecule has 1 saturated heterocycles. The molecule has 2 aliphatic carbocycles. The Balaban J connectivity index is 0.000000586. The molecule has 0 amide bonds. The summed E-state index contributed by atoms with van der Waals surface area (Å²) in [6.45, 7) is 25.0. The molecule has 2 aromatic rings. The van der Waals surface area contributed by atoms with Crippen LogP contribution in [0.2, 0.25) is 36.3 Å². The fourth-order valence-corrected chi connectivity index (χ4v) is 5.70. The summed E-state index contributed by atoms with van der Waals surface area (Å²) in [6, 6.07) is 19.1. The first kappa shape index (κ1) is 45.3. The molecule has 0 unspecified atom stereocenters. The zero-order valence-electron chi connectivity index (χ0n) is 29.2. The molecule has 1 aliphatic heterocycles. The summed E-state index contributed by atoms with van der Waals surface area (Å²) in [5, 5.41) is 0.675. The second kappa shape index (κ2) is 22.1. The van der Waals surface area contributed by atoms with Gasteiger partial charge in [-0.15, -0.1) is 48.0 Å². The maximum absolute atomic E-state index is 4.94. The van der Waals surface area contributed by atoms with Crippen LogP contribution in [0.15, 0.2) is 48.7 Å². The molecule has 45 heavy (non-hydrogen) atoms. The molecule has 5 rings (SSSR count). The van der Waals surface area contributed by atoms with Crippen molar-refractivity contribution < 1.29 is 54.5 Å². The van der Waals surface area contributed by atoms with Crippen molar-refractivity contribution in [2.45, 2.75) is 90.6 Å². The molecule has 0 spiro atoms. The van der Waals surface area contributed by atoms with E-state index in [0.29, 0.717) is 10.1 Å². The van der Waals surface area contributed by atoms with Crippen LogP contribution in [0.3, 0.4) is 0 Å². The fourth-order valence-electron chi connectivity index (χ4n) is 3.44. The Morgan fingerprint density at radius 1 is 0.689 bits per heavy atom. The van der Waals surface area contributed by atoms with Crippen molar-refractivity contribution in [2.75, 3.05) is 13.2 Å². The maximum atomic E-state index is 4.94. The Hall–Kier alpha value is 0.307. The number of ether oxygens (including phenoxy) is 1. The smallest absolute Gasteiger partial charge is 0.659 e. The normalized spacial score (nSPS) is 17.4. The summed E-state index contributed by atoms with van der Waals surface area (Å²) in [5.41, 5.74) is 2.01. The molecule has 0 N–H and O–H groups in total. The molecule has 4 nitrogen and oxygen atoms in total. The van der Waals surface area contributed by atoms with Crippen molar-refractivity contribution >= 4 is 16.5 Å². The van der Waals surface area contributed by atoms with Crippen LogP contribution in [0.25, 0.3) is 21.2 Å². The van der Waals surface area contributed by atoms with Crippen LogP contribution in [0.5, 0.6) is 0 Å². The number of nitrogens with zero attached hydrogens (tertiary/aromatic N) is 3. The molecule has 2 heterocycles. The molecule has 1 aromatic carbocycles. The van der Waals surface area contributed by atoms with Gasteiger partial charge in [0.2, 0.25) is 0 Å². The molecular weight excluding hydrogens is 703 g/mol. The third-order valence-corrected chi connectivity index (χ3v) is 17.2. The Kier molecular flexibility index (Phi) is 22.3. The second-order valence-corrected chi connectivity index (χ2v) is 23.6.